The van der Waals surface area contributed by atoms with Gasteiger partial charge in [0.2, 0.25) is 11.8 Å². The van der Waals surface area contributed by atoms with Crippen LogP contribution in [0.25, 0.3) is 11.1 Å². The van der Waals surface area contributed by atoms with Crippen LogP contribution in [0, 0.1) is 19.8 Å². The van der Waals surface area contributed by atoms with Crippen LogP contribution in [0.5, 0.6) is 11.5 Å². The van der Waals surface area contributed by atoms with E-state index in [-0.39, 0.29) is 42.9 Å². The highest BCUT2D eigenvalue weighted by molar-refractivity contribution is 6.02. The topological polar surface area (TPSA) is 152 Å². The second-order valence-corrected chi connectivity index (χ2v) is 12.4. The molecule has 0 radical (unpaired) electrons. The van der Waals surface area contributed by atoms with Crippen LogP contribution >= 0.6 is 0 Å². The molecule has 3 N–H and O–H groups in total. The molecule has 46 heavy (non-hydrogen) atoms. The molecule has 3 heterocycles. The molecular weight excluding hydrogens is 590 g/mol. The minimum absolute atomic E-state index is 0.108. The van der Waals surface area contributed by atoms with Gasteiger partial charge in [-0.15, -0.1) is 0 Å². The van der Waals surface area contributed by atoms with Crippen LogP contribution < -0.4 is 25.4 Å². The zero-order valence-corrected chi connectivity index (χ0v) is 27.1. The van der Waals surface area contributed by atoms with Crippen molar-refractivity contribution in [3.8, 4) is 22.6 Å². The zero-order valence-electron chi connectivity index (χ0n) is 27.1. The molecule has 4 bridgehead atoms. The second-order valence-electron chi connectivity index (χ2n) is 12.4. The molecule has 0 saturated heterocycles. The summed E-state index contributed by atoms with van der Waals surface area (Å²) in [6.45, 7) is 7.92. The number of carbonyl (C=O) groups excluding carboxylic acids is 4. The Labute approximate surface area is 268 Å². The first-order valence-corrected chi connectivity index (χ1v) is 15.4. The van der Waals surface area contributed by atoms with Crippen molar-refractivity contribution >= 4 is 23.6 Å². The fourth-order valence-corrected chi connectivity index (χ4v) is 5.78. The number of nitrogens with one attached hydrogen (secondary N) is 3. The Morgan fingerprint density at radius 2 is 1.80 bits per heavy atom. The van der Waals surface area contributed by atoms with Crippen LogP contribution in [0.15, 0.2) is 41.1 Å². The highest BCUT2D eigenvalue weighted by atomic mass is 16.5. The monoisotopic (exact) mass is 631 g/mol. The number of rotatable bonds is 5. The van der Waals surface area contributed by atoms with Gasteiger partial charge < -0.3 is 34.7 Å². The van der Waals surface area contributed by atoms with Crippen molar-refractivity contribution in [3.63, 3.8) is 0 Å². The maximum Gasteiger partial charge on any atom is 0.257 e. The molecule has 1 saturated carbocycles. The van der Waals surface area contributed by atoms with Crippen molar-refractivity contribution in [3.05, 3.63) is 64.9 Å². The van der Waals surface area contributed by atoms with Gasteiger partial charge >= 0.3 is 0 Å². The minimum Gasteiger partial charge on any atom is -0.493 e. The van der Waals surface area contributed by atoms with Gasteiger partial charge in [0.15, 0.2) is 11.5 Å². The fraction of sp³-hybridized carbons (Fsp3) is 0.441. The average Bonchev–Trinajstić information content (AvgIpc) is 3.73. The van der Waals surface area contributed by atoms with E-state index >= 15 is 0 Å². The van der Waals surface area contributed by atoms with Gasteiger partial charge in [-0.05, 0) is 68.9 Å². The number of carbonyl (C=O) groups is 4. The third-order valence-corrected chi connectivity index (χ3v) is 8.33. The van der Waals surface area contributed by atoms with Gasteiger partial charge in [0.05, 0.1) is 25.3 Å². The first-order chi connectivity index (χ1) is 21.9. The third-order valence-electron chi connectivity index (χ3n) is 8.33. The Morgan fingerprint density at radius 3 is 2.43 bits per heavy atom. The van der Waals surface area contributed by atoms with Gasteiger partial charge in [-0.1, -0.05) is 13.8 Å². The lowest BCUT2D eigenvalue weighted by Crippen LogP contribution is -2.56. The molecule has 12 heteroatoms. The van der Waals surface area contributed by atoms with Crippen molar-refractivity contribution in [2.24, 2.45) is 5.92 Å². The lowest BCUT2D eigenvalue weighted by atomic mass is 10.00. The van der Waals surface area contributed by atoms with Crippen molar-refractivity contribution in [1.29, 1.82) is 0 Å². The van der Waals surface area contributed by atoms with E-state index in [0.717, 1.165) is 5.56 Å². The number of aromatic nitrogens is 1. The van der Waals surface area contributed by atoms with E-state index in [1.165, 1.54) is 20.4 Å². The zero-order chi connectivity index (χ0) is 33.2. The van der Waals surface area contributed by atoms with Crippen molar-refractivity contribution in [2.75, 3.05) is 27.3 Å². The van der Waals surface area contributed by atoms with Crippen LogP contribution in [0.1, 0.15) is 70.9 Å². The number of aryl methyl sites for hydroxylation is 2. The highest BCUT2D eigenvalue weighted by Crippen LogP contribution is 2.40. The molecule has 1 fully saturated rings. The van der Waals surface area contributed by atoms with E-state index in [1.54, 1.807) is 43.1 Å². The van der Waals surface area contributed by atoms with Gasteiger partial charge in [0, 0.05) is 43.2 Å². The lowest BCUT2D eigenvalue weighted by Gasteiger charge is -2.26. The Balaban J connectivity index is 1.60. The summed E-state index contributed by atoms with van der Waals surface area (Å²) in [5, 5.41) is 8.68. The van der Waals surface area contributed by atoms with E-state index in [4.69, 9.17) is 13.9 Å². The van der Waals surface area contributed by atoms with E-state index in [2.05, 4.69) is 20.9 Å². The lowest BCUT2D eigenvalue weighted by molar-refractivity contribution is -0.130. The largest absolute Gasteiger partial charge is 0.493 e. The number of amides is 4. The summed E-state index contributed by atoms with van der Waals surface area (Å²) in [6, 6.07) is 6.22. The molecule has 2 aromatic heterocycles. The first-order valence-electron chi connectivity index (χ1n) is 15.4. The minimum atomic E-state index is -1.11. The number of ether oxygens (including phenoxy) is 2. The predicted molar refractivity (Wildman–Crippen MR) is 170 cm³/mol. The summed E-state index contributed by atoms with van der Waals surface area (Å²) in [7, 11) is 3.05. The van der Waals surface area contributed by atoms with Gasteiger partial charge in [-0.3, -0.25) is 24.2 Å². The molecule has 1 atom stereocenters. The van der Waals surface area contributed by atoms with Crippen LogP contribution in [-0.4, -0.2) is 72.4 Å². The number of hydrogen-bond donors (Lipinski definition) is 3. The first kappa shape index (κ1) is 32.5. The van der Waals surface area contributed by atoms with Gasteiger partial charge in [0.25, 0.3) is 11.8 Å². The maximum absolute atomic E-state index is 13.9. The molecule has 4 amide bonds. The Bertz CT molecular complexity index is 1660. The van der Waals surface area contributed by atoms with Crippen LogP contribution in [-0.2, 0) is 16.1 Å². The number of fused-ring (bicyclic) bond motifs is 5. The van der Waals surface area contributed by atoms with Crippen LogP contribution in [0.2, 0.25) is 0 Å². The van der Waals surface area contributed by atoms with Gasteiger partial charge in [-0.2, -0.15) is 0 Å². The molecule has 244 valence electrons. The maximum atomic E-state index is 13.9. The van der Waals surface area contributed by atoms with E-state index in [9.17, 15) is 19.2 Å². The molecule has 1 aliphatic heterocycles. The number of hydrogen-bond acceptors (Lipinski definition) is 8. The summed E-state index contributed by atoms with van der Waals surface area (Å²) in [5.74, 6) is 0.579. The number of nitrogens with zero attached hydrogens (tertiary/aromatic N) is 2. The fourth-order valence-electron chi connectivity index (χ4n) is 5.78. The number of pyridine rings is 1. The molecule has 5 rings (SSSR count). The van der Waals surface area contributed by atoms with E-state index in [1.807, 2.05) is 19.9 Å². The normalized spacial score (nSPS) is 18.3. The highest BCUT2D eigenvalue weighted by Gasteiger charge is 2.52. The number of benzene rings is 1. The quantitative estimate of drug-likeness (QED) is 0.387. The van der Waals surface area contributed by atoms with E-state index < -0.39 is 23.4 Å². The average molecular weight is 632 g/mol. The standard InChI is InChI=1S/C34H41N5O7/c1-19(2)11-27-31(41)36-9-10-39(32(42)25-12-20(3)46-21(25)4)18-22-13-26(29(45-6)28(14-22)44-5)23-15-24(17-35-16-23)30(40)38-34(7-8-34)33(43)37-27/h12-17,19,27H,7-11,18H2,1-6H3,(H,36,41)(H,37,43)(H,38,40)/t27-/m1/s1. The molecule has 1 aromatic carbocycles. The number of methoxy groups -OCH3 is 2. The summed E-state index contributed by atoms with van der Waals surface area (Å²) >= 11 is 0. The van der Waals surface area contributed by atoms with Gasteiger partial charge in [-0.25, -0.2) is 0 Å². The second kappa shape index (κ2) is 13.2. The summed E-state index contributed by atoms with van der Waals surface area (Å²) in [5.41, 5.74) is 1.48. The Hall–Kier alpha value is -4.87. The number of furan rings is 1. The van der Waals surface area contributed by atoms with Crippen LogP contribution in [0.3, 0.4) is 0 Å². The van der Waals surface area contributed by atoms with Gasteiger partial charge in [0.1, 0.15) is 23.1 Å². The Morgan fingerprint density at radius 1 is 1.07 bits per heavy atom. The van der Waals surface area contributed by atoms with Crippen molar-refractivity contribution in [2.45, 2.75) is 65.1 Å². The predicted octanol–water partition coefficient (Wildman–Crippen LogP) is 3.54. The van der Waals surface area contributed by atoms with Crippen molar-refractivity contribution < 1.29 is 33.1 Å². The molecule has 2 aliphatic rings. The van der Waals surface area contributed by atoms with E-state index in [0.29, 0.717) is 59.0 Å². The molecule has 0 unspecified atom stereocenters. The molecule has 12 nitrogen and oxygen atoms in total. The molecule has 1 aliphatic carbocycles. The Kier molecular flexibility index (Phi) is 9.36. The smallest absolute Gasteiger partial charge is 0.257 e. The summed E-state index contributed by atoms with van der Waals surface area (Å²) in [6.07, 6.45) is 4.35. The van der Waals surface area contributed by atoms with Crippen molar-refractivity contribution in [1.82, 2.24) is 25.8 Å². The van der Waals surface area contributed by atoms with Crippen LogP contribution in [0.4, 0.5) is 0 Å². The summed E-state index contributed by atoms with van der Waals surface area (Å²) in [4.78, 5) is 60.2. The molecule has 1 spiro atoms. The third kappa shape index (κ3) is 6.85. The molecule has 3 aromatic rings. The SMILES string of the molecule is COc1cc2cc(c1OC)-c1cncc(c1)C(=O)NC1(CC1)C(=O)N[C@H](CC(C)C)C(=O)NCCN(C(=O)c1cc(C)oc1C)C2. The molecular formula is C34H41N5O7. The summed E-state index contributed by atoms with van der Waals surface area (Å²) < 4.78 is 17.1.